The fourth-order valence-electron chi connectivity index (χ4n) is 1.27. The number of carbonyl (C=O) groups is 1. The number of amides is 1. The minimum Gasteiger partial charge on any atom is -0.494 e. The maximum Gasteiger partial charge on any atom is 0.307 e. The Bertz CT molecular complexity index is 476. The van der Waals surface area contributed by atoms with E-state index in [1.807, 2.05) is 0 Å². The lowest BCUT2D eigenvalue weighted by Gasteiger charge is -2.18. The summed E-state index contributed by atoms with van der Waals surface area (Å²) in [5.41, 5.74) is -0.554. The molecule has 0 saturated carbocycles. The second-order valence-electron chi connectivity index (χ2n) is 3.31. The number of methoxy groups -OCH3 is 1. The molecule has 0 aliphatic carbocycles. The van der Waals surface area contributed by atoms with Gasteiger partial charge in [-0.25, -0.2) is 0 Å². The van der Waals surface area contributed by atoms with Crippen LogP contribution in [0.3, 0.4) is 0 Å². The highest BCUT2D eigenvalue weighted by atomic mass is 19.1. The molecule has 0 aromatic heterocycles. The van der Waals surface area contributed by atoms with E-state index in [1.54, 1.807) is 0 Å². The van der Waals surface area contributed by atoms with Crippen molar-refractivity contribution >= 4 is 17.3 Å². The Morgan fingerprint density at radius 1 is 1.53 bits per heavy atom. The molecule has 7 heteroatoms. The van der Waals surface area contributed by atoms with Gasteiger partial charge in [0.15, 0.2) is 0 Å². The summed E-state index contributed by atoms with van der Waals surface area (Å²) in [4.78, 5) is 22.1. The summed E-state index contributed by atoms with van der Waals surface area (Å²) in [6, 6.07) is 1.85. The predicted octanol–water partition coefficient (Wildman–Crippen LogP) is 1.73. The molecular weight excluding hydrogens is 231 g/mol. The number of anilines is 1. The number of benzene rings is 1. The van der Waals surface area contributed by atoms with Crippen LogP contribution >= 0.6 is 0 Å². The highest BCUT2D eigenvalue weighted by Gasteiger charge is 2.22. The fraction of sp³-hybridized carbons (Fsp3) is 0.300. The third-order valence-corrected chi connectivity index (χ3v) is 2.28. The lowest BCUT2D eigenvalue weighted by Crippen LogP contribution is -2.23. The highest BCUT2D eigenvalue weighted by Crippen LogP contribution is 2.33. The number of ether oxygens (including phenoxy) is 1. The summed E-state index contributed by atoms with van der Waals surface area (Å²) < 4.78 is 18.2. The minimum atomic E-state index is -1.01. The van der Waals surface area contributed by atoms with Gasteiger partial charge in [0.2, 0.25) is 11.7 Å². The topological polar surface area (TPSA) is 72.7 Å². The van der Waals surface area contributed by atoms with Crippen LogP contribution in [0.4, 0.5) is 15.8 Å². The number of halogens is 1. The molecule has 92 valence electrons. The first kappa shape index (κ1) is 12.9. The zero-order valence-electron chi connectivity index (χ0n) is 9.56. The van der Waals surface area contributed by atoms with Crippen molar-refractivity contribution in [2.45, 2.75) is 6.92 Å². The molecule has 0 fully saturated rings. The molecule has 0 radical (unpaired) electrons. The van der Waals surface area contributed by atoms with E-state index in [0.29, 0.717) is 0 Å². The van der Waals surface area contributed by atoms with E-state index in [0.717, 1.165) is 17.0 Å². The van der Waals surface area contributed by atoms with E-state index in [1.165, 1.54) is 21.1 Å². The molecule has 0 atom stereocenters. The van der Waals surface area contributed by atoms with Crippen molar-refractivity contribution < 1.29 is 18.8 Å². The van der Waals surface area contributed by atoms with Crippen LogP contribution < -0.4 is 9.64 Å². The third-order valence-electron chi connectivity index (χ3n) is 2.28. The molecule has 0 heterocycles. The average Bonchev–Trinajstić information content (AvgIpc) is 2.26. The first-order chi connectivity index (χ1) is 7.88. The van der Waals surface area contributed by atoms with E-state index >= 15 is 0 Å². The molecule has 1 rings (SSSR count). The van der Waals surface area contributed by atoms with Gasteiger partial charge in [0.25, 0.3) is 0 Å². The van der Waals surface area contributed by atoms with Gasteiger partial charge >= 0.3 is 5.69 Å². The van der Waals surface area contributed by atoms with Gasteiger partial charge in [-0.3, -0.25) is 14.9 Å². The van der Waals surface area contributed by atoms with Crippen molar-refractivity contribution in [2.75, 3.05) is 19.1 Å². The van der Waals surface area contributed by atoms with Gasteiger partial charge in [-0.1, -0.05) is 0 Å². The van der Waals surface area contributed by atoms with E-state index in [2.05, 4.69) is 0 Å². The smallest absolute Gasteiger partial charge is 0.307 e. The number of nitro benzene ring substituents is 1. The normalized spacial score (nSPS) is 9.88. The van der Waals surface area contributed by atoms with Gasteiger partial charge in [-0.15, -0.1) is 0 Å². The average molecular weight is 242 g/mol. The monoisotopic (exact) mass is 242 g/mol. The van der Waals surface area contributed by atoms with Crippen LogP contribution in [0.1, 0.15) is 6.92 Å². The van der Waals surface area contributed by atoms with Crippen molar-refractivity contribution in [1.29, 1.82) is 0 Å². The summed E-state index contributed by atoms with van der Waals surface area (Å²) in [5.74, 6) is -1.29. The first-order valence-corrected chi connectivity index (χ1v) is 4.64. The molecule has 17 heavy (non-hydrogen) atoms. The van der Waals surface area contributed by atoms with E-state index in [-0.39, 0.29) is 17.3 Å². The molecule has 0 bridgehead atoms. The van der Waals surface area contributed by atoms with Gasteiger partial charge in [0.1, 0.15) is 5.75 Å². The molecular formula is C10H11FN2O4. The van der Waals surface area contributed by atoms with Gasteiger partial charge in [0, 0.05) is 26.1 Å². The first-order valence-electron chi connectivity index (χ1n) is 4.64. The lowest BCUT2D eigenvalue weighted by atomic mass is 10.2. The molecule has 1 aromatic rings. The van der Waals surface area contributed by atoms with Crippen molar-refractivity contribution in [3.05, 3.63) is 28.1 Å². The van der Waals surface area contributed by atoms with Crippen LogP contribution in [0.2, 0.25) is 0 Å². The quantitative estimate of drug-likeness (QED) is 0.597. The SMILES string of the molecule is COc1cc(F)c([N+](=O)[O-])cc1N(C)C(C)=O. The van der Waals surface area contributed by atoms with Crippen LogP contribution in [-0.2, 0) is 4.79 Å². The molecule has 0 aliphatic heterocycles. The number of hydrogen-bond donors (Lipinski definition) is 0. The van der Waals surface area contributed by atoms with Gasteiger partial charge in [-0.2, -0.15) is 4.39 Å². The van der Waals surface area contributed by atoms with E-state index in [4.69, 9.17) is 4.74 Å². The Morgan fingerprint density at radius 3 is 2.53 bits per heavy atom. The van der Waals surface area contributed by atoms with E-state index < -0.39 is 16.4 Å². The Morgan fingerprint density at radius 2 is 2.12 bits per heavy atom. The number of nitro groups is 1. The van der Waals surface area contributed by atoms with Crippen molar-refractivity contribution in [2.24, 2.45) is 0 Å². The zero-order valence-corrected chi connectivity index (χ0v) is 9.56. The lowest BCUT2D eigenvalue weighted by molar-refractivity contribution is -0.387. The highest BCUT2D eigenvalue weighted by molar-refractivity contribution is 5.93. The second kappa shape index (κ2) is 4.77. The van der Waals surface area contributed by atoms with Crippen LogP contribution in [0.25, 0.3) is 0 Å². The minimum absolute atomic E-state index is 0.0609. The second-order valence-corrected chi connectivity index (χ2v) is 3.31. The fourth-order valence-corrected chi connectivity index (χ4v) is 1.27. The Balaban J connectivity index is 3.41. The Labute approximate surface area is 96.7 Å². The van der Waals surface area contributed by atoms with Gasteiger partial charge in [-0.05, 0) is 0 Å². The van der Waals surface area contributed by atoms with Crippen molar-refractivity contribution in [3.8, 4) is 5.75 Å². The molecule has 0 aliphatic rings. The zero-order chi connectivity index (χ0) is 13.2. The predicted molar refractivity (Wildman–Crippen MR) is 58.7 cm³/mol. The molecule has 0 unspecified atom stereocenters. The number of carbonyl (C=O) groups excluding carboxylic acids is 1. The molecule has 1 aromatic carbocycles. The summed E-state index contributed by atoms with van der Waals surface area (Å²) >= 11 is 0. The van der Waals surface area contributed by atoms with E-state index in [9.17, 15) is 19.3 Å². The third kappa shape index (κ3) is 2.49. The van der Waals surface area contributed by atoms with Crippen molar-refractivity contribution in [1.82, 2.24) is 0 Å². The largest absolute Gasteiger partial charge is 0.494 e. The molecule has 0 saturated heterocycles. The van der Waals surface area contributed by atoms with Gasteiger partial charge in [0.05, 0.1) is 17.7 Å². The Kier molecular flexibility index (Phi) is 3.62. The maximum absolute atomic E-state index is 13.3. The van der Waals surface area contributed by atoms with Crippen molar-refractivity contribution in [3.63, 3.8) is 0 Å². The standard InChI is InChI=1S/C10H11FN2O4/c1-6(14)12(2)9-5-8(13(15)16)7(11)4-10(9)17-3/h4-5H,1-3H3. The summed E-state index contributed by atoms with van der Waals surface area (Å²) in [6.07, 6.45) is 0. The van der Waals surface area contributed by atoms with Crippen LogP contribution in [0, 0.1) is 15.9 Å². The molecule has 6 nitrogen and oxygen atoms in total. The Hall–Kier alpha value is -2.18. The number of hydrogen-bond acceptors (Lipinski definition) is 4. The van der Waals surface area contributed by atoms with Crippen LogP contribution in [0.5, 0.6) is 5.75 Å². The molecule has 0 N–H and O–H groups in total. The summed E-state index contributed by atoms with van der Waals surface area (Å²) in [6.45, 7) is 1.29. The van der Waals surface area contributed by atoms with Crippen LogP contribution in [-0.4, -0.2) is 25.0 Å². The summed E-state index contributed by atoms with van der Waals surface area (Å²) in [5, 5.41) is 10.6. The van der Waals surface area contributed by atoms with Crippen LogP contribution in [0.15, 0.2) is 12.1 Å². The summed E-state index contributed by atoms with van der Waals surface area (Å²) in [7, 11) is 2.71. The number of nitrogens with zero attached hydrogens (tertiary/aromatic N) is 2. The number of rotatable bonds is 3. The molecule has 1 amide bonds. The maximum atomic E-state index is 13.3. The van der Waals surface area contributed by atoms with Gasteiger partial charge < -0.3 is 9.64 Å². The molecule has 0 spiro atoms.